The molecule has 2 aromatic rings. The highest BCUT2D eigenvalue weighted by Crippen LogP contribution is 2.27. The van der Waals surface area contributed by atoms with Gasteiger partial charge in [0, 0.05) is 24.3 Å². The molecule has 26 heavy (non-hydrogen) atoms. The fourth-order valence-corrected chi connectivity index (χ4v) is 3.39. The van der Waals surface area contributed by atoms with Gasteiger partial charge in [-0.25, -0.2) is 4.98 Å². The third-order valence-electron chi connectivity index (χ3n) is 3.51. The van der Waals surface area contributed by atoms with Crippen molar-refractivity contribution in [2.45, 2.75) is 37.9 Å². The zero-order valence-corrected chi connectivity index (χ0v) is 15.0. The van der Waals surface area contributed by atoms with Crippen molar-refractivity contribution in [3.63, 3.8) is 0 Å². The number of benzene rings is 1. The van der Waals surface area contributed by atoms with Crippen LogP contribution >= 0.6 is 11.8 Å². The van der Waals surface area contributed by atoms with Crippen LogP contribution in [0.15, 0.2) is 23.4 Å². The maximum atomic E-state index is 11.3. The predicted octanol–water partition coefficient (Wildman–Crippen LogP) is 2.85. The van der Waals surface area contributed by atoms with Crippen molar-refractivity contribution in [2.24, 2.45) is 0 Å². The van der Waals surface area contributed by atoms with Gasteiger partial charge in [0.2, 0.25) is 0 Å². The maximum absolute atomic E-state index is 11.3. The van der Waals surface area contributed by atoms with Gasteiger partial charge in [0.25, 0.3) is 5.69 Å². The molecule has 1 heterocycles. The lowest BCUT2D eigenvalue weighted by molar-refractivity contribution is -0.384. The van der Waals surface area contributed by atoms with Gasteiger partial charge in [0.1, 0.15) is 6.54 Å². The molecule has 0 aliphatic rings. The molecule has 1 N–H and O–H groups in total. The summed E-state index contributed by atoms with van der Waals surface area (Å²) in [4.78, 5) is 37.1. The highest BCUT2D eigenvalue weighted by Gasteiger charge is 2.16. The van der Waals surface area contributed by atoms with Crippen LogP contribution < -0.4 is 0 Å². The Labute approximate surface area is 153 Å². The van der Waals surface area contributed by atoms with Gasteiger partial charge in [-0.3, -0.25) is 19.7 Å². The van der Waals surface area contributed by atoms with Gasteiger partial charge < -0.3 is 14.4 Å². The third-order valence-corrected chi connectivity index (χ3v) is 4.58. The second-order valence-corrected chi connectivity index (χ2v) is 6.48. The number of hydrogen-bond acceptors (Lipinski definition) is 7. The van der Waals surface area contributed by atoms with Crippen LogP contribution in [-0.4, -0.2) is 43.9 Å². The Bertz CT molecular complexity index is 820. The molecule has 0 fully saturated rings. The van der Waals surface area contributed by atoms with Gasteiger partial charge in [-0.2, -0.15) is 0 Å². The lowest BCUT2D eigenvalue weighted by Gasteiger charge is -2.06. The molecule has 1 aromatic heterocycles. The number of imidazole rings is 1. The van der Waals surface area contributed by atoms with Crippen molar-refractivity contribution in [1.82, 2.24) is 9.55 Å². The first kappa shape index (κ1) is 19.7. The second kappa shape index (κ2) is 9.18. The van der Waals surface area contributed by atoms with E-state index in [9.17, 15) is 19.7 Å². The van der Waals surface area contributed by atoms with E-state index < -0.39 is 10.9 Å². The predicted molar refractivity (Wildman–Crippen MR) is 95.2 cm³/mol. The van der Waals surface area contributed by atoms with Crippen LogP contribution in [0.2, 0.25) is 0 Å². The third kappa shape index (κ3) is 5.19. The number of carbonyl (C=O) groups excluding carboxylic acids is 1. The number of rotatable bonds is 10. The molecule has 0 spiro atoms. The van der Waals surface area contributed by atoms with E-state index in [1.165, 1.54) is 34.5 Å². The van der Waals surface area contributed by atoms with Gasteiger partial charge in [-0.15, -0.1) is 0 Å². The highest BCUT2D eigenvalue weighted by molar-refractivity contribution is 7.99. The first-order valence-electron chi connectivity index (χ1n) is 8.07. The molecule has 0 aliphatic heterocycles. The van der Waals surface area contributed by atoms with E-state index in [2.05, 4.69) is 4.98 Å². The van der Waals surface area contributed by atoms with Crippen LogP contribution in [0.3, 0.4) is 0 Å². The number of carboxylic acid groups (broad SMARTS) is 1. The van der Waals surface area contributed by atoms with Crippen molar-refractivity contribution in [1.29, 1.82) is 0 Å². The largest absolute Gasteiger partial charge is 0.480 e. The van der Waals surface area contributed by atoms with Crippen molar-refractivity contribution in [3.8, 4) is 0 Å². The topological polar surface area (TPSA) is 125 Å². The number of esters is 1. The number of nitro benzene ring substituents is 1. The minimum absolute atomic E-state index is 0.0940. The molecule has 1 aromatic carbocycles. The molecule has 0 radical (unpaired) electrons. The van der Waals surface area contributed by atoms with E-state index >= 15 is 0 Å². The number of aromatic nitrogens is 2. The highest BCUT2D eigenvalue weighted by atomic mass is 32.2. The second-order valence-electron chi connectivity index (χ2n) is 5.41. The molecule has 140 valence electrons. The van der Waals surface area contributed by atoms with Gasteiger partial charge in [0.15, 0.2) is 5.16 Å². The molecule has 0 atom stereocenters. The molecular weight excluding hydrogens is 362 g/mol. The number of thioether (sulfide) groups is 1. The van der Waals surface area contributed by atoms with Crippen molar-refractivity contribution in [3.05, 3.63) is 28.3 Å². The SMILES string of the molecule is CCOC(=O)CCCCSc1nc2cc([N+](=O)[O-])ccc2n1CC(=O)O. The smallest absolute Gasteiger partial charge is 0.323 e. The van der Waals surface area contributed by atoms with E-state index in [4.69, 9.17) is 9.84 Å². The Hall–Kier alpha value is -2.62. The summed E-state index contributed by atoms with van der Waals surface area (Å²) >= 11 is 1.36. The lowest BCUT2D eigenvalue weighted by atomic mass is 10.2. The fourth-order valence-electron chi connectivity index (χ4n) is 2.38. The molecule has 10 heteroatoms. The average molecular weight is 381 g/mol. The van der Waals surface area contributed by atoms with Gasteiger partial charge in [-0.1, -0.05) is 11.8 Å². The average Bonchev–Trinajstić information content (AvgIpc) is 2.91. The minimum atomic E-state index is -1.02. The van der Waals surface area contributed by atoms with E-state index in [-0.39, 0.29) is 18.2 Å². The Morgan fingerprint density at radius 3 is 2.81 bits per heavy atom. The maximum Gasteiger partial charge on any atom is 0.323 e. The number of ether oxygens (including phenoxy) is 1. The number of fused-ring (bicyclic) bond motifs is 1. The molecule has 0 bridgehead atoms. The van der Waals surface area contributed by atoms with Crippen molar-refractivity contribution >= 4 is 40.4 Å². The standard InChI is InChI=1S/C16H19N3O6S/c1-2-25-15(22)5-3-4-8-26-16-17-12-9-11(19(23)24)6-7-13(12)18(16)10-14(20)21/h6-7,9H,2-5,8,10H2,1H3,(H,20,21). The summed E-state index contributed by atoms with van der Waals surface area (Å²) in [6.45, 7) is 1.84. The first-order valence-corrected chi connectivity index (χ1v) is 9.05. The zero-order valence-electron chi connectivity index (χ0n) is 14.2. The van der Waals surface area contributed by atoms with Crippen LogP contribution in [0.25, 0.3) is 11.0 Å². The molecule has 9 nitrogen and oxygen atoms in total. The zero-order chi connectivity index (χ0) is 19.1. The van der Waals surface area contributed by atoms with E-state index in [0.717, 1.165) is 6.42 Å². The number of non-ortho nitro benzene ring substituents is 1. The summed E-state index contributed by atoms with van der Waals surface area (Å²) in [5.74, 6) is -0.612. The summed E-state index contributed by atoms with van der Waals surface area (Å²) in [5, 5.41) is 20.5. The van der Waals surface area contributed by atoms with E-state index in [1.807, 2.05) is 0 Å². The molecule has 0 unspecified atom stereocenters. The number of unbranched alkanes of at least 4 members (excludes halogenated alkanes) is 1. The monoisotopic (exact) mass is 381 g/mol. The lowest BCUT2D eigenvalue weighted by Crippen LogP contribution is -2.09. The summed E-state index contributed by atoms with van der Waals surface area (Å²) in [5.41, 5.74) is 0.824. The van der Waals surface area contributed by atoms with E-state index in [0.29, 0.717) is 41.4 Å². The molecule has 0 saturated heterocycles. The van der Waals surface area contributed by atoms with Crippen molar-refractivity contribution < 1.29 is 24.4 Å². The summed E-state index contributed by atoms with van der Waals surface area (Å²) in [7, 11) is 0. The number of hydrogen-bond donors (Lipinski definition) is 1. The number of nitrogens with zero attached hydrogens (tertiary/aromatic N) is 3. The van der Waals surface area contributed by atoms with Crippen LogP contribution in [0, 0.1) is 10.1 Å². The van der Waals surface area contributed by atoms with Crippen LogP contribution in [0.4, 0.5) is 5.69 Å². The number of carboxylic acids is 1. The molecule has 0 saturated carbocycles. The summed E-state index contributed by atoms with van der Waals surface area (Å²) < 4.78 is 6.38. The first-order chi connectivity index (χ1) is 12.4. The number of aliphatic carboxylic acids is 1. The van der Waals surface area contributed by atoms with E-state index in [1.54, 1.807) is 6.92 Å². The molecule has 0 aliphatic carbocycles. The normalized spacial score (nSPS) is 10.8. The Morgan fingerprint density at radius 2 is 2.15 bits per heavy atom. The minimum Gasteiger partial charge on any atom is -0.480 e. The Balaban J connectivity index is 2.08. The Kier molecular flexibility index (Phi) is 6.96. The van der Waals surface area contributed by atoms with Gasteiger partial charge in [-0.05, 0) is 25.8 Å². The van der Waals surface area contributed by atoms with Crippen molar-refractivity contribution in [2.75, 3.05) is 12.4 Å². The van der Waals surface area contributed by atoms with Gasteiger partial charge >= 0.3 is 11.9 Å². The number of nitro groups is 1. The van der Waals surface area contributed by atoms with Crippen LogP contribution in [0.1, 0.15) is 26.2 Å². The Morgan fingerprint density at radius 1 is 1.38 bits per heavy atom. The van der Waals surface area contributed by atoms with Crippen LogP contribution in [0.5, 0.6) is 0 Å². The molecule has 0 amide bonds. The quantitative estimate of drug-likeness (QED) is 0.219. The molecule has 2 rings (SSSR count). The van der Waals surface area contributed by atoms with Gasteiger partial charge in [0.05, 0.1) is 22.6 Å². The van der Waals surface area contributed by atoms with Crippen LogP contribution in [-0.2, 0) is 20.9 Å². The molecular formula is C16H19N3O6S. The summed E-state index contributed by atoms with van der Waals surface area (Å²) in [6.07, 6.45) is 1.74. The number of carbonyl (C=O) groups is 2. The summed E-state index contributed by atoms with van der Waals surface area (Å²) in [6, 6.07) is 4.17. The fraction of sp³-hybridized carbons (Fsp3) is 0.438.